The van der Waals surface area contributed by atoms with Crippen molar-refractivity contribution in [1.29, 1.82) is 0 Å². The fourth-order valence-corrected chi connectivity index (χ4v) is 6.71. The van der Waals surface area contributed by atoms with Crippen LogP contribution in [0.3, 0.4) is 0 Å². The minimum Gasteiger partial charge on any atom is -0.390 e. The highest BCUT2D eigenvalue weighted by Crippen LogP contribution is 2.36. The Morgan fingerprint density at radius 2 is 1.84 bits per heavy atom. The van der Waals surface area contributed by atoms with E-state index in [1.54, 1.807) is 11.0 Å². The van der Waals surface area contributed by atoms with Crippen molar-refractivity contribution in [2.45, 2.75) is 69.2 Å². The average molecular weight is 503 g/mol. The first-order chi connectivity index (χ1) is 17.7. The number of aliphatic hydroxyl groups is 1. The molecule has 2 atom stereocenters. The van der Waals surface area contributed by atoms with Crippen LogP contribution in [-0.2, 0) is 18.4 Å². The van der Waals surface area contributed by atoms with Gasteiger partial charge >= 0.3 is 0 Å². The molecule has 0 radical (unpaired) electrons. The van der Waals surface area contributed by atoms with Crippen LogP contribution in [0.25, 0.3) is 0 Å². The van der Waals surface area contributed by atoms with E-state index in [0.717, 1.165) is 51.0 Å². The molecule has 4 aliphatic rings. The lowest BCUT2D eigenvalue weighted by Crippen LogP contribution is -2.62. The summed E-state index contributed by atoms with van der Waals surface area (Å²) in [5.74, 6) is -0.0127. The first-order valence-electron chi connectivity index (χ1n) is 13.7. The molecule has 0 saturated carbocycles. The fourth-order valence-electron chi connectivity index (χ4n) is 6.71. The lowest BCUT2D eigenvalue weighted by Gasteiger charge is -2.49. The molecule has 6 rings (SSSR count). The molecule has 0 bridgehead atoms. The fraction of sp³-hybridized carbons (Fsp3) is 0.533. The van der Waals surface area contributed by atoms with E-state index >= 15 is 0 Å². The predicted octanol–water partition coefficient (Wildman–Crippen LogP) is 2.46. The largest absolute Gasteiger partial charge is 0.390 e. The number of carbonyl (C=O) groups is 2. The molecule has 3 N–H and O–H groups in total. The number of carbonyl (C=O) groups excluding carboxylic acids is 2. The summed E-state index contributed by atoms with van der Waals surface area (Å²) < 4.78 is 0. The summed E-state index contributed by atoms with van der Waals surface area (Å²) in [7, 11) is 0. The van der Waals surface area contributed by atoms with Gasteiger partial charge in [-0.2, -0.15) is 0 Å². The van der Waals surface area contributed by atoms with Crippen LogP contribution in [0.15, 0.2) is 42.5 Å². The average Bonchev–Trinajstić information content (AvgIpc) is 2.89. The molecule has 7 heteroatoms. The Hall–Kier alpha value is -2.74. The van der Waals surface area contributed by atoms with Gasteiger partial charge in [0.1, 0.15) is 0 Å². The maximum atomic E-state index is 13.5. The van der Waals surface area contributed by atoms with Crippen molar-refractivity contribution < 1.29 is 14.7 Å². The lowest BCUT2D eigenvalue weighted by atomic mass is 9.76. The van der Waals surface area contributed by atoms with Crippen molar-refractivity contribution in [1.82, 2.24) is 20.4 Å². The van der Waals surface area contributed by atoms with Gasteiger partial charge in [-0.25, -0.2) is 0 Å². The number of piperidine rings is 1. The number of nitrogens with zero attached hydrogens (tertiary/aromatic N) is 2. The summed E-state index contributed by atoms with van der Waals surface area (Å²) >= 11 is 0. The van der Waals surface area contributed by atoms with Crippen LogP contribution in [-0.4, -0.2) is 77.1 Å². The SMILES string of the molecule is CC1(C)CN(C[C@@H](O)[C@@H]2Cc3ccccc3CN2)C(=O)c2ccc(C(=O)N3CCC4(CCN4)CC3)cc21. The van der Waals surface area contributed by atoms with Crippen LogP contribution in [0.1, 0.15) is 70.5 Å². The Morgan fingerprint density at radius 3 is 2.54 bits per heavy atom. The standard InChI is InChI=1S/C30H38N4O3/c1-29(2)19-34(18-26(35)25-16-20-5-3-4-6-22(20)17-31-25)28(37)23-8-7-21(15-24(23)29)27(36)33-13-10-30(11-14-33)9-12-32-30/h3-8,15,25-26,31-32,35H,9-14,16-19H2,1-2H3/t25-,26+/m0/s1. The van der Waals surface area contributed by atoms with E-state index < -0.39 is 6.10 Å². The summed E-state index contributed by atoms with van der Waals surface area (Å²) in [6.45, 7) is 8.39. The van der Waals surface area contributed by atoms with Gasteiger partial charge in [-0.05, 0) is 67.1 Å². The van der Waals surface area contributed by atoms with Crippen molar-refractivity contribution in [2.24, 2.45) is 0 Å². The zero-order valence-electron chi connectivity index (χ0n) is 21.9. The molecule has 2 aromatic carbocycles. The molecular weight excluding hydrogens is 464 g/mol. The second kappa shape index (κ2) is 9.22. The number of hydrogen-bond acceptors (Lipinski definition) is 5. The normalized spacial score (nSPS) is 24.7. The predicted molar refractivity (Wildman–Crippen MR) is 143 cm³/mol. The molecule has 4 heterocycles. The number of hydrogen-bond donors (Lipinski definition) is 3. The van der Waals surface area contributed by atoms with Crippen LogP contribution in [0.4, 0.5) is 0 Å². The van der Waals surface area contributed by atoms with Gasteiger partial charge in [0.15, 0.2) is 0 Å². The van der Waals surface area contributed by atoms with Crippen molar-refractivity contribution in [3.8, 4) is 0 Å². The van der Waals surface area contributed by atoms with Crippen LogP contribution < -0.4 is 10.6 Å². The maximum Gasteiger partial charge on any atom is 0.254 e. The highest BCUT2D eigenvalue weighted by atomic mass is 16.3. The first kappa shape index (κ1) is 24.6. The van der Waals surface area contributed by atoms with Gasteiger partial charge in [0.05, 0.1) is 6.10 Å². The van der Waals surface area contributed by atoms with Gasteiger partial charge in [-0.3, -0.25) is 9.59 Å². The third-order valence-corrected chi connectivity index (χ3v) is 9.20. The second-order valence-corrected chi connectivity index (χ2v) is 12.1. The molecule has 2 saturated heterocycles. The van der Waals surface area contributed by atoms with Crippen molar-refractivity contribution in [3.05, 3.63) is 70.3 Å². The van der Waals surface area contributed by atoms with Crippen molar-refractivity contribution >= 4 is 11.8 Å². The zero-order chi connectivity index (χ0) is 25.8. The number of nitrogens with one attached hydrogen (secondary N) is 2. The van der Waals surface area contributed by atoms with Crippen molar-refractivity contribution in [3.63, 3.8) is 0 Å². The number of rotatable bonds is 4. The Balaban J connectivity index is 1.15. The Labute approximate surface area is 219 Å². The number of likely N-dealkylation sites (tertiary alicyclic amines) is 1. The van der Waals surface area contributed by atoms with E-state index in [1.165, 1.54) is 17.5 Å². The quantitative estimate of drug-likeness (QED) is 0.598. The number of β-amino-alcohol motifs (C(OH)–C–C–N with tert-alkyl or cyclic N) is 1. The van der Waals surface area contributed by atoms with Gasteiger partial charge in [-0.15, -0.1) is 0 Å². The molecule has 37 heavy (non-hydrogen) atoms. The Kier molecular flexibility index (Phi) is 6.13. The van der Waals surface area contributed by atoms with Crippen LogP contribution in [0.5, 0.6) is 0 Å². The summed E-state index contributed by atoms with van der Waals surface area (Å²) in [6, 6.07) is 13.8. The first-order valence-corrected chi connectivity index (χ1v) is 13.7. The molecule has 1 spiro atoms. The van der Waals surface area contributed by atoms with Crippen LogP contribution in [0.2, 0.25) is 0 Å². The minimum absolute atomic E-state index is 0.0572. The van der Waals surface area contributed by atoms with Crippen molar-refractivity contribution in [2.75, 3.05) is 32.7 Å². The molecule has 0 unspecified atom stereocenters. The topological polar surface area (TPSA) is 84.9 Å². The van der Waals surface area contributed by atoms with E-state index in [0.29, 0.717) is 17.7 Å². The van der Waals surface area contributed by atoms with E-state index in [1.807, 2.05) is 29.2 Å². The zero-order valence-corrected chi connectivity index (χ0v) is 21.9. The molecule has 2 aromatic rings. The summed E-state index contributed by atoms with van der Waals surface area (Å²) in [6.07, 6.45) is 3.31. The smallest absolute Gasteiger partial charge is 0.254 e. The molecule has 196 valence electrons. The third kappa shape index (κ3) is 4.47. The monoisotopic (exact) mass is 502 g/mol. The lowest BCUT2D eigenvalue weighted by molar-refractivity contribution is 0.0443. The Morgan fingerprint density at radius 1 is 1.11 bits per heavy atom. The molecule has 0 aromatic heterocycles. The van der Waals surface area contributed by atoms with Crippen LogP contribution in [0, 0.1) is 0 Å². The van der Waals surface area contributed by atoms with E-state index in [4.69, 9.17) is 0 Å². The summed E-state index contributed by atoms with van der Waals surface area (Å²) in [5, 5.41) is 18.1. The molecule has 2 fully saturated rings. The van der Waals surface area contributed by atoms with E-state index in [9.17, 15) is 14.7 Å². The third-order valence-electron chi connectivity index (χ3n) is 9.20. The van der Waals surface area contributed by atoms with Crippen LogP contribution >= 0.6 is 0 Å². The summed E-state index contributed by atoms with van der Waals surface area (Å²) in [4.78, 5) is 30.6. The Bertz CT molecular complexity index is 1210. The molecule has 2 amide bonds. The highest BCUT2D eigenvalue weighted by Gasteiger charge is 2.41. The summed E-state index contributed by atoms with van der Waals surface area (Å²) in [5.41, 5.74) is 4.68. The number of fused-ring (bicyclic) bond motifs is 2. The number of aliphatic hydroxyl groups excluding tert-OH is 1. The maximum absolute atomic E-state index is 13.5. The molecular formula is C30H38N4O3. The van der Waals surface area contributed by atoms with E-state index in [2.05, 4.69) is 36.6 Å². The molecule has 0 aliphatic carbocycles. The molecule has 4 aliphatic heterocycles. The van der Waals surface area contributed by atoms with Gasteiger partial charge in [0.2, 0.25) is 0 Å². The van der Waals surface area contributed by atoms with Gasteiger partial charge in [0, 0.05) is 60.8 Å². The highest BCUT2D eigenvalue weighted by molar-refractivity contribution is 6.00. The van der Waals surface area contributed by atoms with E-state index in [-0.39, 0.29) is 35.4 Å². The van der Waals surface area contributed by atoms with Gasteiger partial charge in [0.25, 0.3) is 11.8 Å². The van der Waals surface area contributed by atoms with Gasteiger partial charge < -0.3 is 25.5 Å². The second-order valence-electron chi connectivity index (χ2n) is 12.1. The number of benzene rings is 2. The number of amides is 2. The minimum atomic E-state index is -0.664. The van der Waals surface area contributed by atoms with Gasteiger partial charge in [-0.1, -0.05) is 38.1 Å². The molecule has 7 nitrogen and oxygen atoms in total.